The average molecular weight is 358 g/mol. The monoisotopic (exact) mass is 358 g/mol. The minimum atomic E-state index is -2.79. The quantitative estimate of drug-likeness (QED) is 0.730. The van der Waals surface area contributed by atoms with Crippen LogP contribution in [0.4, 0.5) is 14.5 Å². The molecule has 0 saturated carbocycles. The van der Waals surface area contributed by atoms with Gasteiger partial charge >= 0.3 is 0 Å². The Kier molecular flexibility index (Phi) is 5.08. The van der Waals surface area contributed by atoms with Gasteiger partial charge in [0.1, 0.15) is 5.69 Å². The third kappa shape index (κ3) is 3.35. The van der Waals surface area contributed by atoms with Crippen LogP contribution in [-0.4, -0.2) is 10.9 Å². The fourth-order valence-corrected chi connectivity index (χ4v) is 4.10. The fraction of sp³-hybridized carbons (Fsp3) is 0.429. The lowest BCUT2D eigenvalue weighted by molar-refractivity contribution is 0.100. The van der Waals surface area contributed by atoms with Crippen molar-refractivity contribution in [2.45, 2.75) is 57.8 Å². The molecule has 0 saturated heterocycles. The number of carbonyl (C=O) groups excluding carboxylic acids is 1. The third-order valence-corrected chi connectivity index (χ3v) is 5.18. The van der Waals surface area contributed by atoms with Gasteiger partial charge in [0.2, 0.25) is 0 Å². The van der Waals surface area contributed by atoms with E-state index in [4.69, 9.17) is 0 Å². The second kappa shape index (κ2) is 7.14. The van der Waals surface area contributed by atoms with Gasteiger partial charge in [0, 0.05) is 11.9 Å². The van der Waals surface area contributed by atoms with E-state index >= 15 is 0 Å². The summed E-state index contributed by atoms with van der Waals surface area (Å²) < 4.78 is 26.3. The van der Waals surface area contributed by atoms with Crippen molar-refractivity contribution >= 4 is 11.6 Å². The molecule has 3 nitrogen and oxygen atoms in total. The molecule has 1 amide bonds. The van der Waals surface area contributed by atoms with Gasteiger partial charge in [0.15, 0.2) is 0 Å². The minimum Gasteiger partial charge on any atom is -0.322 e. The molecule has 1 N–H and O–H groups in total. The number of rotatable bonds is 5. The molecule has 1 atom stereocenters. The highest BCUT2D eigenvalue weighted by molar-refractivity contribution is 6.05. The summed E-state index contributed by atoms with van der Waals surface area (Å²) in [5, 5.41) is 2.87. The van der Waals surface area contributed by atoms with Gasteiger partial charge in [-0.25, -0.2) is 8.78 Å². The Morgan fingerprint density at radius 1 is 1.31 bits per heavy atom. The summed E-state index contributed by atoms with van der Waals surface area (Å²) in [5.41, 5.74) is 2.58. The maximum atomic E-state index is 13.2. The predicted molar refractivity (Wildman–Crippen MR) is 98.9 cm³/mol. The van der Waals surface area contributed by atoms with Crippen molar-refractivity contribution in [3.63, 3.8) is 0 Å². The Balaban J connectivity index is 1.98. The van der Waals surface area contributed by atoms with Crippen molar-refractivity contribution in [1.29, 1.82) is 0 Å². The van der Waals surface area contributed by atoms with Gasteiger partial charge < -0.3 is 5.32 Å². The van der Waals surface area contributed by atoms with Gasteiger partial charge in [-0.2, -0.15) is 0 Å². The molecule has 138 valence electrons. The lowest BCUT2D eigenvalue weighted by Gasteiger charge is -2.19. The number of hydrogen-bond acceptors (Lipinski definition) is 2. The summed E-state index contributed by atoms with van der Waals surface area (Å²) in [6, 6.07) is 8.77. The van der Waals surface area contributed by atoms with Crippen LogP contribution in [-0.2, 0) is 5.41 Å². The van der Waals surface area contributed by atoms with Crippen molar-refractivity contribution < 1.29 is 13.6 Å². The van der Waals surface area contributed by atoms with Crippen molar-refractivity contribution in [1.82, 2.24) is 4.98 Å². The van der Waals surface area contributed by atoms with E-state index in [9.17, 15) is 13.6 Å². The average Bonchev–Trinajstić information content (AvgIpc) is 2.86. The van der Waals surface area contributed by atoms with Crippen molar-refractivity contribution in [3.8, 4) is 0 Å². The predicted octanol–water partition coefficient (Wildman–Crippen LogP) is 5.84. The van der Waals surface area contributed by atoms with Crippen molar-refractivity contribution in [2.24, 2.45) is 0 Å². The number of pyridine rings is 1. The number of aromatic nitrogens is 1. The normalized spacial score (nSPS) is 18.0. The largest absolute Gasteiger partial charge is 0.322 e. The molecule has 0 aliphatic heterocycles. The van der Waals surface area contributed by atoms with Crippen molar-refractivity contribution in [2.75, 3.05) is 5.32 Å². The highest BCUT2D eigenvalue weighted by Crippen LogP contribution is 2.50. The van der Waals surface area contributed by atoms with Crippen LogP contribution in [0.1, 0.15) is 79.6 Å². The molecule has 0 bridgehead atoms. The first-order valence-electron chi connectivity index (χ1n) is 9.03. The minimum absolute atomic E-state index is 0.0400. The topological polar surface area (TPSA) is 42.0 Å². The zero-order chi connectivity index (χ0) is 18.9. The molecule has 1 aromatic heterocycles. The first-order chi connectivity index (χ1) is 12.3. The van der Waals surface area contributed by atoms with Gasteiger partial charge in [-0.3, -0.25) is 9.78 Å². The molecule has 1 aliphatic carbocycles. The molecule has 1 unspecified atom stereocenters. The van der Waals surface area contributed by atoms with E-state index < -0.39 is 18.0 Å². The number of nitrogens with one attached hydrogen (secondary N) is 1. The standard InChI is InChI=1S/C21H24F2N2O/c1-4-7-13-12-21(2,3)15-9-5-10-16(17(13)15)25-20(26)14-8-6-11-24-18(14)19(22)23/h5-6,8-11,13,19H,4,7,12H2,1-3H3,(H,25,26). The number of fused-ring (bicyclic) bond motifs is 1. The molecule has 1 aromatic carbocycles. The Morgan fingerprint density at radius 2 is 2.08 bits per heavy atom. The molecule has 0 spiro atoms. The number of amides is 1. The van der Waals surface area contributed by atoms with Crippen LogP contribution in [0.5, 0.6) is 0 Å². The summed E-state index contributed by atoms with van der Waals surface area (Å²) in [4.78, 5) is 16.4. The molecule has 1 heterocycles. The number of benzene rings is 1. The molecule has 1 aliphatic rings. The van der Waals surface area contributed by atoms with Gasteiger partial charge in [-0.15, -0.1) is 0 Å². The van der Waals surface area contributed by atoms with E-state index in [0.717, 1.165) is 30.5 Å². The highest BCUT2D eigenvalue weighted by Gasteiger charge is 2.38. The molecule has 0 fully saturated rings. The summed E-state index contributed by atoms with van der Waals surface area (Å²) in [5.74, 6) is -0.174. The number of alkyl halides is 2. The van der Waals surface area contributed by atoms with E-state index in [2.05, 4.69) is 37.1 Å². The van der Waals surface area contributed by atoms with E-state index in [-0.39, 0.29) is 11.0 Å². The second-order valence-electron chi connectivity index (χ2n) is 7.53. The van der Waals surface area contributed by atoms with Crippen LogP contribution in [0.15, 0.2) is 36.5 Å². The second-order valence-corrected chi connectivity index (χ2v) is 7.53. The SMILES string of the molecule is CCCC1CC(C)(C)c2cccc(NC(=O)c3cccnc3C(F)F)c21. The highest BCUT2D eigenvalue weighted by atomic mass is 19.3. The third-order valence-electron chi connectivity index (χ3n) is 5.18. The maximum absolute atomic E-state index is 13.2. The Bertz CT molecular complexity index is 817. The van der Waals surface area contributed by atoms with Crippen molar-refractivity contribution in [3.05, 3.63) is 58.9 Å². The van der Waals surface area contributed by atoms with E-state index in [1.807, 2.05) is 12.1 Å². The van der Waals surface area contributed by atoms with Gasteiger partial charge in [0.05, 0.1) is 5.56 Å². The van der Waals surface area contributed by atoms with Crippen LogP contribution in [0.2, 0.25) is 0 Å². The van der Waals surface area contributed by atoms with Gasteiger partial charge in [-0.1, -0.05) is 39.3 Å². The van der Waals surface area contributed by atoms with Crippen LogP contribution < -0.4 is 5.32 Å². The Hall–Kier alpha value is -2.30. The zero-order valence-corrected chi connectivity index (χ0v) is 15.4. The lowest BCUT2D eigenvalue weighted by Crippen LogP contribution is -2.17. The number of nitrogens with zero attached hydrogens (tertiary/aromatic N) is 1. The summed E-state index contributed by atoms with van der Waals surface area (Å²) in [6.07, 6.45) is 1.61. The molecule has 0 radical (unpaired) electrons. The number of anilines is 1. The maximum Gasteiger partial charge on any atom is 0.281 e. The lowest BCUT2D eigenvalue weighted by atomic mass is 9.85. The van der Waals surface area contributed by atoms with Crippen LogP contribution in [0.3, 0.4) is 0 Å². The smallest absolute Gasteiger partial charge is 0.281 e. The first-order valence-corrected chi connectivity index (χ1v) is 9.03. The number of carbonyl (C=O) groups is 1. The number of halogens is 2. The van der Waals surface area contributed by atoms with E-state index in [1.165, 1.54) is 23.9 Å². The molecule has 2 aromatic rings. The zero-order valence-electron chi connectivity index (χ0n) is 15.4. The van der Waals surface area contributed by atoms with Crippen LogP contribution in [0, 0.1) is 0 Å². The summed E-state index contributed by atoms with van der Waals surface area (Å²) >= 11 is 0. The molecule has 3 rings (SSSR count). The first kappa shape index (κ1) is 18.5. The Labute approximate surface area is 152 Å². The molecular weight excluding hydrogens is 334 g/mol. The number of hydrogen-bond donors (Lipinski definition) is 1. The summed E-state index contributed by atoms with van der Waals surface area (Å²) in [7, 11) is 0. The Morgan fingerprint density at radius 3 is 2.77 bits per heavy atom. The van der Waals surface area contributed by atoms with E-state index in [0.29, 0.717) is 5.92 Å². The molecular formula is C21H24F2N2O. The van der Waals surface area contributed by atoms with Crippen LogP contribution >= 0.6 is 0 Å². The molecule has 26 heavy (non-hydrogen) atoms. The summed E-state index contributed by atoms with van der Waals surface area (Å²) in [6.45, 7) is 6.57. The van der Waals surface area contributed by atoms with E-state index in [1.54, 1.807) is 0 Å². The van der Waals surface area contributed by atoms with Crippen LogP contribution in [0.25, 0.3) is 0 Å². The molecule has 5 heteroatoms. The van der Waals surface area contributed by atoms with Gasteiger partial charge in [-0.05, 0) is 53.5 Å². The fourth-order valence-electron chi connectivity index (χ4n) is 4.10. The van der Waals surface area contributed by atoms with Gasteiger partial charge in [0.25, 0.3) is 12.3 Å².